The van der Waals surface area contributed by atoms with Gasteiger partial charge in [-0.2, -0.15) is 0 Å². The normalized spacial score (nSPS) is 13.2. The molecule has 1 heterocycles. The zero-order valence-electron chi connectivity index (χ0n) is 15.2. The van der Waals surface area contributed by atoms with Crippen molar-refractivity contribution in [2.75, 3.05) is 0 Å². The Morgan fingerprint density at radius 1 is 1.00 bits per heavy atom. The number of ether oxygens (including phenoxy) is 1. The van der Waals surface area contributed by atoms with Crippen molar-refractivity contribution in [2.24, 2.45) is 0 Å². The van der Waals surface area contributed by atoms with Gasteiger partial charge in [-0.25, -0.2) is 4.79 Å². The molecule has 0 aliphatic heterocycles. The van der Waals surface area contributed by atoms with Crippen molar-refractivity contribution < 1.29 is 9.15 Å². The number of fused-ring (bicyclic) bond motifs is 4. The third-order valence-electron chi connectivity index (χ3n) is 5.44. The maximum Gasteiger partial charge on any atom is 0.339 e. The van der Waals surface area contributed by atoms with Gasteiger partial charge >= 0.3 is 5.63 Å². The lowest BCUT2D eigenvalue weighted by atomic mass is 10.0. The highest BCUT2D eigenvalue weighted by Gasteiger charge is 2.22. The van der Waals surface area contributed by atoms with E-state index in [0.29, 0.717) is 12.2 Å². The molecule has 0 radical (unpaired) electrons. The molecule has 0 spiro atoms. The van der Waals surface area contributed by atoms with E-state index in [0.717, 1.165) is 52.7 Å². The van der Waals surface area contributed by atoms with Crippen molar-refractivity contribution in [1.29, 1.82) is 0 Å². The van der Waals surface area contributed by atoms with E-state index in [4.69, 9.17) is 9.15 Å². The molecular weight excluding hydrogens is 336 g/mol. The first-order valence-electron chi connectivity index (χ1n) is 9.39. The first-order valence-corrected chi connectivity index (χ1v) is 9.39. The molecule has 3 heteroatoms. The molecule has 27 heavy (non-hydrogen) atoms. The Morgan fingerprint density at radius 2 is 1.81 bits per heavy atom. The summed E-state index contributed by atoms with van der Waals surface area (Å²) in [6, 6.07) is 18.6. The molecule has 3 nitrogen and oxygen atoms in total. The SMILES string of the molecule is Cc1cc(OCc2cccc3ccccc23)c2c3c(c(=O)oc2c1)CCC3. The fraction of sp³-hybridized carbons (Fsp3) is 0.208. The Bertz CT molecular complexity index is 1230. The van der Waals surface area contributed by atoms with Crippen LogP contribution in [0.1, 0.15) is 28.7 Å². The highest BCUT2D eigenvalue weighted by Crippen LogP contribution is 2.35. The summed E-state index contributed by atoms with van der Waals surface area (Å²) in [5.41, 5.74) is 4.54. The Labute approximate surface area is 157 Å². The number of rotatable bonds is 3. The van der Waals surface area contributed by atoms with Crippen molar-refractivity contribution in [3.8, 4) is 5.75 Å². The molecule has 0 saturated carbocycles. The highest BCUT2D eigenvalue weighted by molar-refractivity contribution is 5.89. The van der Waals surface area contributed by atoms with Crippen LogP contribution in [0, 0.1) is 6.92 Å². The van der Waals surface area contributed by atoms with Crippen LogP contribution in [0.3, 0.4) is 0 Å². The summed E-state index contributed by atoms with van der Waals surface area (Å²) in [6.07, 6.45) is 2.70. The molecule has 5 rings (SSSR count). The summed E-state index contributed by atoms with van der Waals surface area (Å²) in [5, 5.41) is 3.38. The van der Waals surface area contributed by atoms with Crippen LogP contribution in [0.2, 0.25) is 0 Å². The van der Waals surface area contributed by atoms with E-state index in [2.05, 4.69) is 36.4 Å². The number of hydrogen-bond acceptors (Lipinski definition) is 3. The van der Waals surface area contributed by atoms with Crippen LogP contribution in [-0.2, 0) is 19.4 Å². The average Bonchev–Trinajstić information content (AvgIpc) is 3.16. The van der Waals surface area contributed by atoms with Crippen LogP contribution in [0.15, 0.2) is 63.8 Å². The van der Waals surface area contributed by atoms with Crippen molar-refractivity contribution in [3.63, 3.8) is 0 Å². The first-order chi connectivity index (χ1) is 13.2. The number of hydrogen-bond donors (Lipinski definition) is 0. The minimum Gasteiger partial charge on any atom is -0.488 e. The van der Waals surface area contributed by atoms with E-state index in [-0.39, 0.29) is 5.63 Å². The maximum absolute atomic E-state index is 12.3. The van der Waals surface area contributed by atoms with Gasteiger partial charge in [-0.15, -0.1) is 0 Å². The van der Waals surface area contributed by atoms with Gasteiger partial charge in [0.05, 0.1) is 5.39 Å². The summed E-state index contributed by atoms with van der Waals surface area (Å²) < 4.78 is 11.9. The molecule has 1 aliphatic rings. The fourth-order valence-electron chi connectivity index (χ4n) is 4.19. The summed E-state index contributed by atoms with van der Waals surface area (Å²) in [5.74, 6) is 0.805. The average molecular weight is 356 g/mol. The molecule has 0 atom stereocenters. The van der Waals surface area contributed by atoms with E-state index in [1.54, 1.807) is 0 Å². The lowest BCUT2D eigenvalue weighted by molar-refractivity contribution is 0.310. The van der Waals surface area contributed by atoms with Gasteiger partial charge in [-0.3, -0.25) is 0 Å². The Balaban J connectivity index is 1.61. The van der Waals surface area contributed by atoms with Crippen LogP contribution < -0.4 is 10.4 Å². The molecule has 0 bridgehead atoms. The molecule has 1 aliphatic carbocycles. The zero-order valence-corrected chi connectivity index (χ0v) is 15.2. The summed E-state index contributed by atoms with van der Waals surface area (Å²) in [4.78, 5) is 12.3. The topological polar surface area (TPSA) is 39.4 Å². The van der Waals surface area contributed by atoms with Crippen LogP contribution >= 0.6 is 0 Å². The van der Waals surface area contributed by atoms with Gasteiger partial charge in [0.1, 0.15) is 17.9 Å². The first kappa shape index (κ1) is 16.1. The third kappa shape index (κ3) is 2.71. The predicted octanol–water partition coefficient (Wildman–Crippen LogP) is 5.32. The van der Waals surface area contributed by atoms with E-state index in [9.17, 15) is 4.79 Å². The second kappa shape index (κ2) is 6.27. The monoisotopic (exact) mass is 356 g/mol. The Kier molecular flexibility index (Phi) is 3.75. The number of benzene rings is 3. The minimum atomic E-state index is -0.194. The molecule has 134 valence electrons. The smallest absolute Gasteiger partial charge is 0.339 e. The summed E-state index contributed by atoms with van der Waals surface area (Å²) >= 11 is 0. The quantitative estimate of drug-likeness (QED) is 0.466. The van der Waals surface area contributed by atoms with Crippen molar-refractivity contribution >= 4 is 21.7 Å². The molecule has 0 amide bonds. The van der Waals surface area contributed by atoms with Gasteiger partial charge in [0.2, 0.25) is 0 Å². The van der Waals surface area contributed by atoms with E-state index in [1.807, 2.05) is 25.1 Å². The Morgan fingerprint density at radius 3 is 2.74 bits per heavy atom. The Hall–Kier alpha value is -3.07. The number of aryl methyl sites for hydroxylation is 2. The second-order valence-electron chi connectivity index (χ2n) is 7.26. The van der Waals surface area contributed by atoms with Crippen LogP contribution in [0.25, 0.3) is 21.7 Å². The molecule has 1 aromatic heterocycles. The van der Waals surface area contributed by atoms with E-state index < -0.39 is 0 Å². The maximum atomic E-state index is 12.3. The lowest BCUT2D eigenvalue weighted by Gasteiger charge is -2.14. The fourth-order valence-corrected chi connectivity index (χ4v) is 4.19. The molecule has 4 aromatic rings. The standard InChI is InChI=1S/C24H20O3/c1-15-12-21(23-19-10-5-11-20(19)24(25)27-22(23)13-15)26-14-17-8-4-7-16-6-2-3-9-18(16)17/h2-4,6-9,12-13H,5,10-11,14H2,1H3. The van der Waals surface area contributed by atoms with Crippen molar-refractivity contribution in [2.45, 2.75) is 32.8 Å². The third-order valence-corrected chi connectivity index (χ3v) is 5.44. The largest absolute Gasteiger partial charge is 0.488 e. The zero-order chi connectivity index (χ0) is 18.4. The molecule has 0 saturated heterocycles. The highest BCUT2D eigenvalue weighted by atomic mass is 16.5. The van der Waals surface area contributed by atoms with Crippen LogP contribution in [0.5, 0.6) is 5.75 Å². The molecule has 0 fully saturated rings. The van der Waals surface area contributed by atoms with Gasteiger partial charge in [0.25, 0.3) is 0 Å². The van der Waals surface area contributed by atoms with Gasteiger partial charge in [0.15, 0.2) is 0 Å². The molecule has 0 N–H and O–H groups in total. The molecule has 3 aromatic carbocycles. The van der Waals surface area contributed by atoms with Gasteiger partial charge in [0, 0.05) is 5.56 Å². The van der Waals surface area contributed by atoms with Crippen LogP contribution in [-0.4, -0.2) is 0 Å². The van der Waals surface area contributed by atoms with E-state index >= 15 is 0 Å². The van der Waals surface area contributed by atoms with Gasteiger partial charge < -0.3 is 9.15 Å². The summed E-state index contributed by atoms with van der Waals surface area (Å²) in [7, 11) is 0. The van der Waals surface area contributed by atoms with Crippen LogP contribution in [0.4, 0.5) is 0 Å². The van der Waals surface area contributed by atoms with Crippen molar-refractivity contribution in [1.82, 2.24) is 0 Å². The van der Waals surface area contributed by atoms with Crippen molar-refractivity contribution in [3.05, 3.63) is 87.3 Å². The second-order valence-corrected chi connectivity index (χ2v) is 7.26. The van der Waals surface area contributed by atoms with E-state index in [1.165, 1.54) is 10.8 Å². The molecular formula is C24H20O3. The molecule has 0 unspecified atom stereocenters. The predicted molar refractivity (Wildman–Crippen MR) is 108 cm³/mol. The minimum absolute atomic E-state index is 0.194. The van der Waals surface area contributed by atoms with Gasteiger partial charge in [-0.05, 0) is 65.8 Å². The van der Waals surface area contributed by atoms with Gasteiger partial charge in [-0.1, -0.05) is 42.5 Å². The summed E-state index contributed by atoms with van der Waals surface area (Å²) in [6.45, 7) is 2.48. The lowest BCUT2D eigenvalue weighted by Crippen LogP contribution is -2.08.